The lowest BCUT2D eigenvalue weighted by Crippen LogP contribution is -2.40. The Kier molecular flexibility index (Phi) is 7.30. The SMILES string of the molecule is CN(C)CCOc1ccc(Nc2nc3cccc(-c4cccc(S(=O)(=O)NC(C)(C)C)c4)n3n2)cc1. The van der Waals surface area contributed by atoms with Crippen molar-refractivity contribution in [2.75, 3.05) is 32.6 Å². The number of hydrogen-bond acceptors (Lipinski definition) is 7. The lowest BCUT2D eigenvalue weighted by Gasteiger charge is -2.20. The van der Waals surface area contributed by atoms with Gasteiger partial charge in [0.25, 0.3) is 0 Å². The van der Waals surface area contributed by atoms with Gasteiger partial charge < -0.3 is 15.0 Å². The zero-order valence-corrected chi connectivity index (χ0v) is 22.0. The van der Waals surface area contributed by atoms with Crippen molar-refractivity contribution in [2.45, 2.75) is 31.2 Å². The fourth-order valence-electron chi connectivity index (χ4n) is 3.57. The molecule has 2 N–H and O–H groups in total. The number of anilines is 2. The molecule has 0 aliphatic rings. The van der Waals surface area contributed by atoms with Crippen LogP contribution in [0.5, 0.6) is 5.75 Å². The normalized spacial score (nSPS) is 12.3. The second-order valence-corrected chi connectivity index (χ2v) is 11.5. The molecule has 2 aromatic heterocycles. The van der Waals surface area contributed by atoms with Crippen LogP contribution in [0.2, 0.25) is 0 Å². The summed E-state index contributed by atoms with van der Waals surface area (Å²) in [6.45, 7) is 6.89. The van der Waals surface area contributed by atoms with Crippen LogP contribution in [0.4, 0.5) is 11.6 Å². The Labute approximate surface area is 212 Å². The van der Waals surface area contributed by atoms with Gasteiger partial charge in [-0.1, -0.05) is 18.2 Å². The molecule has 0 spiro atoms. The summed E-state index contributed by atoms with van der Waals surface area (Å²) in [5.41, 5.74) is 2.32. The first-order valence-electron chi connectivity index (χ1n) is 11.6. The van der Waals surface area contributed by atoms with Gasteiger partial charge in [0, 0.05) is 23.3 Å². The van der Waals surface area contributed by atoms with E-state index in [2.05, 4.69) is 25.0 Å². The van der Waals surface area contributed by atoms with Crippen LogP contribution in [0, 0.1) is 0 Å². The fourth-order valence-corrected chi connectivity index (χ4v) is 5.03. The van der Waals surface area contributed by atoms with Crippen LogP contribution in [0.25, 0.3) is 16.9 Å². The summed E-state index contributed by atoms with van der Waals surface area (Å²) in [7, 11) is 0.342. The van der Waals surface area contributed by atoms with Crippen LogP contribution in [0.15, 0.2) is 71.6 Å². The topological polar surface area (TPSA) is 101 Å². The zero-order chi connectivity index (χ0) is 25.9. The number of sulfonamides is 1. The van der Waals surface area contributed by atoms with Gasteiger partial charge in [-0.3, -0.25) is 0 Å². The number of benzene rings is 2. The minimum Gasteiger partial charge on any atom is -0.492 e. The predicted octanol–water partition coefficient (Wildman–Crippen LogP) is 4.16. The van der Waals surface area contributed by atoms with E-state index in [-0.39, 0.29) is 4.90 Å². The molecule has 0 radical (unpaired) electrons. The van der Waals surface area contributed by atoms with Gasteiger partial charge in [0.1, 0.15) is 12.4 Å². The van der Waals surface area contributed by atoms with E-state index in [0.29, 0.717) is 23.8 Å². The fraction of sp³-hybridized carbons (Fsp3) is 0.308. The first-order chi connectivity index (χ1) is 17.0. The maximum atomic E-state index is 12.8. The Morgan fingerprint density at radius 3 is 2.42 bits per heavy atom. The Morgan fingerprint density at radius 2 is 1.72 bits per heavy atom. The van der Waals surface area contributed by atoms with E-state index < -0.39 is 15.6 Å². The highest BCUT2D eigenvalue weighted by atomic mass is 32.2. The van der Waals surface area contributed by atoms with Crippen molar-refractivity contribution < 1.29 is 13.2 Å². The van der Waals surface area contributed by atoms with E-state index in [9.17, 15) is 8.42 Å². The first-order valence-corrected chi connectivity index (χ1v) is 13.1. The number of nitrogens with one attached hydrogen (secondary N) is 2. The zero-order valence-electron chi connectivity index (χ0n) is 21.2. The molecule has 0 aliphatic heterocycles. The van der Waals surface area contributed by atoms with Crippen molar-refractivity contribution in [3.05, 3.63) is 66.7 Å². The molecule has 36 heavy (non-hydrogen) atoms. The molecule has 0 amide bonds. The molecule has 9 nitrogen and oxygen atoms in total. The second-order valence-electron chi connectivity index (χ2n) is 9.80. The number of nitrogens with zero attached hydrogens (tertiary/aromatic N) is 4. The number of pyridine rings is 1. The number of likely N-dealkylation sites (N-methyl/N-ethyl adjacent to an activating group) is 1. The number of fused-ring (bicyclic) bond motifs is 1. The van der Waals surface area contributed by atoms with Gasteiger partial charge in [-0.25, -0.2) is 17.7 Å². The summed E-state index contributed by atoms with van der Waals surface area (Å²) in [5, 5.41) is 7.84. The van der Waals surface area contributed by atoms with E-state index >= 15 is 0 Å². The molecule has 0 saturated heterocycles. The summed E-state index contributed by atoms with van der Waals surface area (Å²) in [4.78, 5) is 6.84. The number of aromatic nitrogens is 3. The predicted molar refractivity (Wildman–Crippen MR) is 142 cm³/mol. The maximum absolute atomic E-state index is 12.8. The highest BCUT2D eigenvalue weighted by Gasteiger charge is 2.22. The van der Waals surface area contributed by atoms with Crippen molar-refractivity contribution in [3.63, 3.8) is 0 Å². The van der Waals surface area contributed by atoms with E-state index in [0.717, 1.165) is 23.7 Å². The van der Waals surface area contributed by atoms with E-state index in [1.54, 1.807) is 22.7 Å². The summed E-state index contributed by atoms with van der Waals surface area (Å²) >= 11 is 0. The third-order valence-electron chi connectivity index (χ3n) is 5.16. The quantitative estimate of drug-likeness (QED) is 0.350. The number of hydrogen-bond donors (Lipinski definition) is 2. The molecular formula is C26H32N6O3S. The lowest BCUT2D eigenvalue weighted by atomic mass is 10.1. The van der Waals surface area contributed by atoms with Crippen molar-refractivity contribution in [2.24, 2.45) is 0 Å². The minimum atomic E-state index is -3.67. The molecule has 190 valence electrons. The molecule has 0 atom stereocenters. The summed E-state index contributed by atoms with van der Waals surface area (Å²) in [6, 6.07) is 20.0. The van der Waals surface area contributed by atoms with Crippen molar-refractivity contribution in [1.29, 1.82) is 0 Å². The highest BCUT2D eigenvalue weighted by molar-refractivity contribution is 7.89. The number of rotatable bonds is 9. The van der Waals surface area contributed by atoms with E-state index in [1.165, 1.54) is 0 Å². The largest absolute Gasteiger partial charge is 0.492 e. The summed E-state index contributed by atoms with van der Waals surface area (Å²) in [5.74, 6) is 1.23. The van der Waals surface area contributed by atoms with Gasteiger partial charge in [0.15, 0.2) is 5.65 Å². The summed E-state index contributed by atoms with van der Waals surface area (Å²) in [6.07, 6.45) is 0. The third kappa shape index (κ3) is 6.39. The first kappa shape index (κ1) is 25.6. The number of ether oxygens (including phenoxy) is 1. The molecule has 4 rings (SSSR count). The Bertz CT molecular complexity index is 1440. The van der Waals surface area contributed by atoms with Crippen molar-refractivity contribution >= 4 is 27.3 Å². The van der Waals surface area contributed by atoms with Crippen LogP contribution in [-0.2, 0) is 10.0 Å². The van der Waals surface area contributed by atoms with Gasteiger partial charge in [-0.15, -0.1) is 5.10 Å². The lowest BCUT2D eigenvalue weighted by molar-refractivity contribution is 0.261. The van der Waals surface area contributed by atoms with Crippen molar-refractivity contribution in [3.8, 4) is 17.0 Å². The van der Waals surface area contributed by atoms with Gasteiger partial charge in [0.05, 0.1) is 10.6 Å². The Balaban J connectivity index is 1.57. The van der Waals surface area contributed by atoms with Gasteiger partial charge in [-0.05, 0) is 83.4 Å². The average Bonchev–Trinajstić information content (AvgIpc) is 3.21. The molecule has 0 saturated carbocycles. The molecule has 0 fully saturated rings. The molecule has 0 aliphatic carbocycles. The van der Waals surface area contributed by atoms with Crippen LogP contribution in [0.1, 0.15) is 20.8 Å². The third-order valence-corrected chi connectivity index (χ3v) is 6.91. The molecule has 4 aromatic rings. The Hall–Kier alpha value is -3.47. The smallest absolute Gasteiger partial charge is 0.247 e. The Morgan fingerprint density at radius 1 is 1.00 bits per heavy atom. The van der Waals surface area contributed by atoms with Crippen LogP contribution < -0.4 is 14.8 Å². The molecule has 10 heteroatoms. The maximum Gasteiger partial charge on any atom is 0.247 e. The second kappa shape index (κ2) is 10.3. The highest BCUT2D eigenvalue weighted by Crippen LogP contribution is 2.25. The van der Waals surface area contributed by atoms with Crippen LogP contribution in [0.3, 0.4) is 0 Å². The molecule has 2 heterocycles. The van der Waals surface area contributed by atoms with Crippen LogP contribution >= 0.6 is 0 Å². The van der Waals surface area contributed by atoms with Gasteiger partial charge in [-0.2, -0.15) is 4.98 Å². The average molecular weight is 509 g/mol. The van der Waals surface area contributed by atoms with Crippen LogP contribution in [-0.4, -0.2) is 60.7 Å². The van der Waals surface area contributed by atoms with E-state index in [4.69, 9.17) is 4.74 Å². The standard InChI is InChI=1S/C26H32N6O3S/c1-26(2,3)30-36(33,34)22-9-6-8-19(18-22)23-10-7-11-24-28-25(29-32(23)24)27-20-12-14-21(15-13-20)35-17-16-31(4)5/h6-15,18,30H,16-17H2,1-5H3,(H,27,29). The molecule has 0 bridgehead atoms. The molecule has 2 aromatic carbocycles. The molecular weight excluding hydrogens is 476 g/mol. The van der Waals surface area contributed by atoms with Gasteiger partial charge in [0.2, 0.25) is 16.0 Å². The molecule has 0 unspecified atom stereocenters. The summed E-state index contributed by atoms with van der Waals surface area (Å²) < 4.78 is 35.8. The van der Waals surface area contributed by atoms with E-state index in [1.807, 2.05) is 83.4 Å². The monoisotopic (exact) mass is 508 g/mol. The van der Waals surface area contributed by atoms with Gasteiger partial charge >= 0.3 is 0 Å². The van der Waals surface area contributed by atoms with Crippen molar-refractivity contribution in [1.82, 2.24) is 24.2 Å². The minimum absolute atomic E-state index is 0.193.